The van der Waals surface area contributed by atoms with E-state index in [0.29, 0.717) is 24.7 Å². The molecule has 1 heterocycles. The third kappa shape index (κ3) is 14.3. The summed E-state index contributed by atoms with van der Waals surface area (Å²) < 4.78 is 11.6. The van der Waals surface area contributed by atoms with Gasteiger partial charge in [-0.05, 0) is 53.7 Å². The fourth-order valence-electron chi connectivity index (χ4n) is 5.97. The van der Waals surface area contributed by atoms with Crippen LogP contribution in [0.4, 0.5) is 0 Å². The van der Waals surface area contributed by atoms with Gasteiger partial charge in [0.15, 0.2) is 0 Å². The standard InChI is InChI=1S/C40H67NO4/c1-10-11-12-13-14-15-16-17-18-19-20-21-22-23-24-31(2)37-41-40(9,30-45-37)29-44-35(42)26-25-32-27-33(38(3,4)5)36(43)34(28-32)39(6,7)8/h27-28,43H,2,10-26,29-30H2,1,3-9H3. The quantitative estimate of drug-likeness (QED) is 0.109. The lowest BCUT2D eigenvalue weighted by molar-refractivity contribution is -0.145. The summed E-state index contributed by atoms with van der Waals surface area (Å²) in [6.45, 7) is 21.7. The normalized spacial score (nSPS) is 16.8. The van der Waals surface area contributed by atoms with E-state index in [-0.39, 0.29) is 29.8 Å². The van der Waals surface area contributed by atoms with Crippen molar-refractivity contribution in [1.82, 2.24) is 0 Å². The number of hydrogen-bond acceptors (Lipinski definition) is 5. The number of carbonyl (C=O) groups is 1. The number of benzene rings is 1. The molecule has 1 unspecified atom stereocenters. The number of phenols is 1. The molecule has 0 fully saturated rings. The first kappa shape index (κ1) is 38.9. The van der Waals surface area contributed by atoms with Crippen LogP contribution >= 0.6 is 0 Å². The van der Waals surface area contributed by atoms with Gasteiger partial charge in [0.05, 0.1) is 0 Å². The van der Waals surface area contributed by atoms with Gasteiger partial charge in [0.2, 0.25) is 5.90 Å². The Labute approximate surface area is 276 Å². The second-order valence-electron chi connectivity index (χ2n) is 15.9. The number of nitrogens with zero attached hydrogens (tertiary/aromatic N) is 1. The van der Waals surface area contributed by atoms with E-state index < -0.39 is 5.54 Å². The molecule has 0 saturated carbocycles. The topological polar surface area (TPSA) is 68.1 Å². The first-order valence-electron chi connectivity index (χ1n) is 18.1. The second kappa shape index (κ2) is 18.7. The van der Waals surface area contributed by atoms with Crippen molar-refractivity contribution in [1.29, 1.82) is 0 Å². The maximum atomic E-state index is 12.7. The maximum Gasteiger partial charge on any atom is 0.306 e. The number of aromatic hydroxyl groups is 1. The van der Waals surface area contributed by atoms with Crippen molar-refractivity contribution in [2.75, 3.05) is 13.2 Å². The van der Waals surface area contributed by atoms with Crippen LogP contribution < -0.4 is 0 Å². The summed E-state index contributed by atoms with van der Waals surface area (Å²) in [5, 5.41) is 11.0. The van der Waals surface area contributed by atoms with Crippen molar-refractivity contribution in [3.8, 4) is 5.75 Å². The number of phenolic OH excluding ortho intramolecular Hbond substituents is 1. The van der Waals surface area contributed by atoms with Crippen molar-refractivity contribution >= 4 is 11.9 Å². The lowest BCUT2D eigenvalue weighted by Crippen LogP contribution is -2.31. The van der Waals surface area contributed by atoms with Gasteiger partial charge >= 0.3 is 5.97 Å². The Morgan fingerprint density at radius 1 is 0.844 bits per heavy atom. The number of aryl methyl sites for hydroxylation is 1. The predicted octanol–water partition coefficient (Wildman–Crippen LogP) is 11.1. The van der Waals surface area contributed by atoms with Crippen LogP contribution in [0.25, 0.3) is 0 Å². The molecule has 1 aliphatic rings. The van der Waals surface area contributed by atoms with Gasteiger partial charge in [-0.2, -0.15) is 0 Å². The fourth-order valence-corrected chi connectivity index (χ4v) is 5.97. The molecule has 45 heavy (non-hydrogen) atoms. The van der Waals surface area contributed by atoms with Gasteiger partial charge in [-0.3, -0.25) is 4.79 Å². The molecule has 0 aliphatic carbocycles. The minimum atomic E-state index is -0.583. The smallest absolute Gasteiger partial charge is 0.306 e. The molecule has 1 N–H and O–H groups in total. The first-order chi connectivity index (χ1) is 21.2. The van der Waals surface area contributed by atoms with E-state index >= 15 is 0 Å². The third-order valence-corrected chi connectivity index (χ3v) is 8.97. The van der Waals surface area contributed by atoms with E-state index in [1.165, 1.54) is 83.5 Å². The monoisotopic (exact) mass is 626 g/mol. The van der Waals surface area contributed by atoms with Crippen LogP contribution in [0.1, 0.15) is 175 Å². The summed E-state index contributed by atoms with van der Waals surface area (Å²) in [7, 11) is 0. The molecule has 0 spiro atoms. The van der Waals surface area contributed by atoms with Crippen molar-refractivity contribution in [2.24, 2.45) is 4.99 Å². The van der Waals surface area contributed by atoms with E-state index in [1.807, 2.05) is 19.1 Å². The summed E-state index contributed by atoms with van der Waals surface area (Å²) in [6.07, 6.45) is 20.6. The largest absolute Gasteiger partial charge is 0.507 e. The van der Waals surface area contributed by atoms with E-state index in [2.05, 4.69) is 55.0 Å². The highest BCUT2D eigenvalue weighted by atomic mass is 16.5. The van der Waals surface area contributed by atoms with Crippen molar-refractivity contribution in [3.63, 3.8) is 0 Å². The molecule has 256 valence electrons. The molecule has 0 aromatic heterocycles. The van der Waals surface area contributed by atoms with Crippen molar-refractivity contribution in [3.05, 3.63) is 41.0 Å². The molecule has 1 aromatic rings. The molecule has 1 atom stereocenters. The molecular formula is C40H67NO4. The molecule has 1 aromatic carbocycles. The van der Waals surface area contributed by atoms with Crippen LogP contribution in [0.15, 0.2) is 29.3 Å². The molecule has 0 radical (unpaired) electrons. The van der Waals surface area contributed by atoms with Gasteiger partial charge in [0.1, 0.15) is 24.5 Å². The highest BCUT2D eigenvalue weighted by Crippen LogP contribution is 2.40. The summed E-state index contributed by atoms with van der Waals surface area (Å²) in [4.78, 5) is 17.5. The zero-order valence-electron chi connectivity index (χ0n) is 30.4. The van der Waals surface area contributed by atoms with Crippen LogP contribution in [0.2, 0.25) is 0 Å². The summed E-state index contributed by atoms with van der Waals surface area (Å²) in [5.41, 5.74) is 2.81. The summed E-state index contributed by atoms with van der Waals surface area (Å²) in [6, 6.07) is 4.06. The fraction of sp³-hybridized carbons (Fsp3) is 0.750. The van der Waals surface area contributed by atoms with Gasteiger partial charge in [-0.1, -0.05) is 151 Å². The molecule has 0 saturated heterocycles. The number of carbonyl (C=O) groups excluding carboxylic acids is 1. The number of esters is 1. The highest BCUT2D eigenvalue weighted by Gasteiger charge is 2.34. The average Bonchev–Trinajstić information content (AvgIpc) is 3.36. The van der Waals surface area contributed by atoms with Crippen LogP contribution in [0.5, 0.6) is 5.75 Å². The van der Waals surface area contributed by atoms with Crippen LogP contribution in [0.3, 0.4) is 0 Å². The van der Waals surface area contributed by atoms with E-state index in [0.717, 1.165) is 35.1 Å². The predicted molar refractivity (Wildman–Crippen MR) is 191 cm³/mol. The van der Waals surface area contributed by atoms with Crippen LogP contribution in [-0.4, -0.2) is 35.7 Å². The second-order valence-corrected chi connectivity index (χ2v) is 15.9. The summed E-state index contributed by atoms with van der Waals surface area (Å²) >= 11 is 0. The summed E-state index contributed by atoms with van der Waals surface area (Å²) in [5.74, 6) is 0.732. The maximum absolute atomic E-state index is 12.7. The molecule has 5 nitrogen and oxygen atoms in total. The molecule has 5 heteroatoms. The Balaban J connectivity index is 1.68. The minimum absolute atomic E-state index is 0.192. The zero-order valence-corrected chi connectivity index (χ0v) is 30.4. The lowest BCUT2D eigenvalue weighted by Gasteiger charge is -2.28. The molecule has 0 bridgehead atoms. The number of ether oxygens (including phenoxy) is 2. The molecule has 2 rings (SSSR count). The Morgan fingerprint density at radius 2 is 1.31 bits per heavy atom. The van der Waals surface area contributed by atoms with Gasteiger partial charge < -0.3 is 14.6 Å². The Bertz CT molecular complexity index is 1060. The zero-order chi connectivity index (χ0) is 33.5. The van der Waals surface area contributed by atoms with Crippen LogP contribution in [0, 0.1) is 0 Å². The van der Waals surface area contributed by atoms with E-state index in [9.17, 15) is 9.90 Å². The highest BCUT2D eigenvalue weighted by molar-refractivity contribution is 5.94. The van der Waals surface area contributed by atoms with Gasteiger partial charge in [-0.25, -0.2) is 4.99 Å². The van der Waals surface area contributed by atoms with E-state index in [4.69, 9.17) is 14.5 Å². The molecule has 0 amide bonds. The molecule has 1 aliphatic heterocycles. The van der Waals surface area contributed by atoms with Crippen molar-refractivity contribution < 1.29 is 19.4 Å². The number of aliphatic imine (C=N–C) groups is 1. The number of hydrogen-bond donors (Lipinski definition) is 1. The lowest BCUT2D eigenvalue weighted by atomic mass is 9.78. The van der Waals surface area contributed by atoms with Gasteiger partial charge in [-0.15, -0.1) is 0 Å². The van der Waals surface area contributed by atoms with Gasteiger partial charge in [0, 0.05) is 12.0 Å². The Kier molecular flexibility index (Phi) is 16.2. The number of unbranched alkanes of at least 4 members (excludes halogenated alkanes) is 13. The average molecular weight is 626 g/mol. The van der Waals surface area contributed by atoms with Crippen LogP contribution in [-0.2, 0) is 31.5 Å². The first-order valence-corrected chi connectivity index (χ1v) is 18.1. The SMILES string of the molecule is C=C(CCCCCCCCCCCCCCCC)C1=NC(C)(COC(=O)CCc2cc(C(C)(C)C)c(O)c(C(C)(C)C)c2)CO1. The van der Waals surface area contributed by atoms with Gasteiger partial charge in [0.25, 0.3) is 0 Å². The third-order valence-electron chi connectivity index (χ3n) is 8.97. The van der Waals surface area contributed by atoms with Crippen molar-refractivity contribution in [2.45, 2.75) is 181 Å². The van der Waals surface area contributed by atoms with E-state index in [1.54, 1.807) is 0 Å². The Hall–Kier alpha value is -2.30. The minimum Gasteiger partial charge on any atom is -0.507 e. The Morgan fingerprint density at radius 3 is 1.78 bits per heavy atom. The molecular weight excluding hydrogens is 558 g/mol. The number of rotatable bonds is 21.